The Labute approximate surface area is 61.7 Å². The number of alkyl halides is 3. The molecule has 11 heavy (non-hydrogen) atoms. The normalized spacial score (nSPS) is 15.9. The molecule has 0 aliphatic carbocycles. The van der Waals surface area contributed by atoms with Crippen molar-refractivity contribution in [1.82, 2.24) is 5.32 Å². The van der Waals surface area contributed by atoms with Gasteiger partial charge in [-0.2, -0.15) is 13.2 Å². The summed E-state index contributed by atoms with van der Waals surface area (Å²) in [6.07, 6.45) is -3.47. The van der Waals surface area contributed by atoms with Gasteiger partial charge in [-0.05, 0) is 19.5 Å². The number of hydrogen-bond donors (Lipinski definition) is 2. The number of carbonyl (C=O) groups is 1. The zero-order chi connectivity index (χ0) is 8.91. The number of nitrogens with one attached hydrogen (secondary N) is 1. The molecule has 6 heteroatoms. The monoisotopic (exact) mass is 170 g/mol. The molecule has 1 aliphatic rings. The molecule has 0 aromatic heterocycles. The van der Waals surface area contributed by atoms with Crippen LogP contribution in [-0.4, -0.2) is 25.2 Å². The quantitative estimate of drug-likeness (QED) is 0.538. The van der Waals surface area contributed by atoms with E-state index < -0.39 is 12.1 Å². The Morgan fingerprint density at radius 1 is 1.36 bits per heavy atom. The van der Waals surface area contributed by atoms with Gasteiger partial charge in [-0.1, -0.05) is 0 Å². The van der Waals surface area contributed by atoms with Crippen molar-refractivity contribution in [2.45, 2.75) is 12.6 Å². The van der Waals surface area contributed by atoms with Crippen LogP contribution in [0.3, 0.4) is 0 Å². The van der Waals surface area contributed by atoms with Crippen molar-refractivity contribution in [2.24, 2.45) is 5.73 Å². The number of rotatable bonds is 0. The largest absolute Gasteiger partial charge is 0.470 e. The number of nitrogens with two attached hydrogens (primary N) is 1. The van der Waals surface area contributed by atoms with Crippen molar-refractivity contribution >= 4 is 5.91 Å². The maximum atomic E-state index is 10.7. The lowest BCUT2D eigenvalue weighted by atomic mass is 10.3. The smallest absolute Gasteiger partial charge is 0.362 e. The Bertz CT molecular complexity index is 126. The van der Waals surface area contributed by atoms with Crippen LogP contribution in [0, 0.1) is 0 Å². The Kier molecular flexibility index (Phi) is 3.88. The van der Waals surface area contributed by atoms with Gasteiger partial charge in [0.2, 0.25) is 0 Å². The molecule has 0 saturated carbocycles. The van der Waals surface area contributed by atoms with Crippen LogP contribution in [-0.2, 0) is 4.79 Å². The molecule has 3 nitrogen and oxygen atoms in total. The van der Waals surface area contributed by atoms with Crippen molar-refractivity contribution < 1.29 is 18.0 Å². The second-order valence-electron chi connectivity index (χ2n) is 1.97. The van der Waals surface area contributed by atoms with Gasteiger partial charge in [0, 0.05) is 0 Å². The third-order valence-corrected chi connectivity index (χ3v) is 0.986. The van der Waals surface area contributed by atoms with Crippen molar-refractivity contribution in [1.29, 1.82) is 0 Å². The lowest BCUT2D eigenvalue weighted by Crippen LogP contribution is -2.30. The van der Waals surface area contributed by atoms with E-state index in [4.69, 9.17) is 4.79 Å². The summed E-state index contributed by atoms with van der Waals surface area (Å²) in [5.41, 5.74) is 3.81. The highest BCUT2D eigenvalue weighted by atomic mass is 19.4. The Morgan fingerprint density at radius 3 is 1.55 bits per heavy atom. The minimum Gasteiger partial charge on any atom is -0.362 e. The molecule has 0 aromatic rings. The Morgan fingerprint density at radius 2 is 1.55 bits per heavy atom. The molecule has 1 rings (SSSR count). The highest BCUT2D eigenvalue weighted by Crippen LogP contribution is 2.11. The van der Waals surface area contributed by atoms with Gasteiger partial charge in [0.1, 0.15) is 0 Å². The minimum absolute atomic E-state index is 1.25. The van der Waals surface area contributed by atoms with Crippen molar-refractivity contribution in [2.75, 3.05) is 13.1 Å². The average molecular weight is 170 g/mol. The third-order valence-electron chi connectivity index (χ3n) is 0.986. The molecule has 1 amide bonds. The molecule has 0 unspecified atom stereocenters. The molecular formula is C5H9F3N2O. The first-order valence-corrected chi connectivity index (χ1v) is 3.02. The second kappa shape index (κ2) is 4.17. The molecule has 1 fully saturated rings. The standard InChI is InChI=1S/C3H7N.C2H2F3NO/c1-2-4-3-1;3-2(4,5)1(6)7/h4H,1-3H2;(H2,6,7). The van der Waals surface area contributed by atoms with Crippen molar-refractivity contribution in [3.63, 3.8) is 0 Å². The molecule has 0 aromatic carbocycles. The number of halogens is 3. The first-order chi connectivity index (χ1) is 4.94. The van der Waals surface area contributed by atoms with Gasteiger partial charge in [0.25, 0.3) is 0 Å². The summed E-state index contributed by atoms with van der Waals surface area (Å²) in [5, 5.41) is 3.11. The maximum absolute atomic E-state index is 10.7. The van der Waals surface area contributed by atoms with E-state index >= 15 is 0 Å². The van der Waals surface area contributed by atoms with E-state index in [0.29, 0.717) is 0 Å². The zero-order valence-corrected chi connectivity index (χ0v) is 5.74. The fourth-order valence-corrected chi connectivity index (χ4v) is 0.177. The van der Waals surface area contributed by atoms with Crippen LogP contribution in [0.15, 0.2) is 0 Å². The van der Waals surface area contributed by atoms with Gasteiger partial charge in [0.15, 0.2) is 0 Å². The predicted octanol–water partition coefficient (Wildman–Crippen LogP) is 0.0137. The highest BCUT2D eigenvalue weighted by molar-refractivity contribution is 5.79. The van der Waals surface area contributed by atoms with Gasteiger partial charge < -0.3 is 11.1 Å². The third kappa shape index (κ3) is 5.65. The summed E-state index contributed by atoms with van der Waals surface area (Å²) in [7, 11) is 0. The van der Waals surface area contributed by atoms with E-state index in [0.717, 1.165) is 0 Å². The fraction of sp³-hybridized carbons (Fsp3) is 0.800. The van der Waals surface area contributed by atoms with E-state index in [-0.39, 0.29) is 0 Å². The topological polar surface area (TPSA) is 55.1 Å². The van der Waals surface area contributed by atoms with Crippen LogP contribution in [0.2, 0.25) is 0 Å². The summed E-state index contributed by atoms with van der Waals surface area (Å²) in [5.74, 6) is -2.26. The van der Waals surface area contributed by atoms with Gasteiger partial charge >= 0.3 is 12.1 Å². The highest BCUT2D eigenvalue weighted by Gasteiger charge is 2.35. The Hall–Kier alpha value is -0.780. The first kappa shape index (κ1) is 10.2. The SMILES string of the molecule is C1CNC1.NC(=O)C(F)(F)F. The van der Waals surface area contributed by atoms with Crippen LogP contribution in [0.5, 0.6) is 0 Å². The molecule has 1 saturated heterocycles. The second-order valence-corrected chi connectivity index (χ2v) is 1.97. The van der Waals surface area contributed by atoms with E-state index in [1.165, 1.54) is 19.5 Å². The number of primary amides is 1. The van der Waals surface area contributed by atoms with Gasteiger partial charge in [-0.15, -0.1) is 0 Å². The van der Waals surface area contributed by atoms with Crippen LogP contribution >= 0.6 is 0 Å². The molecule has 0 spiro atoms. The van der Waals surface area contributed by atoms with Gasteiger partial charge in [-0.25, -0.2) is 0 Å². The molecule has 3 N–H and O–H groups in total. The lowest BCUT2D eigenvalue weighted by molar-refractivity contribution is -0.169. The van der Waals surface area contributed by atoms with Crippen LogP contribution in [0.1, 0.15) is 6.42 Å². The number of amides is 1. The Balaban J connectivity index is 0.000000207. The van der Waals surface area contributed by atoms with Crippen molar-refractivity contribution in [3.05, 3.63) is 0 Å². The average Bonchev–Trinajstić information content (AvgIpc) is 1.55. The van der Waals surface area contributed by atoms with E-state index in [1.54, 1.807) is 0 Å². The molecule has 0 atom stereocenters. The summed E-state index contributed by atoms with van der Waals surface area (Å²) in [6.45, 7) is 2.50. The van der Waals surface area contributed by atoms with Gasteiger partial charge in [0.05, 0.1) is 0 Å². The minimum atomic E-state index is -4.86. The van der Waals surface area contributed by atoms with Gasteiger partial charge in [-0.3, -0.25) is 4.79 Å². The first-order valence-electron chi connectivity index (χ1n) is 3.02. The lowest BCUT2D eigenvalue weighted by Gasteiger charge is -2.09. The molecule has 1 heterocycles. The zero-order valence-electron chi connectivity index (χ0n) is 5.74. The molecule has 1 aliphatic heterocycles. The summed E-state index contributed by atoms with van der Waals surface area (Å²) < 4.78 is 32.1. The summed E-state index contributed by atoms with van der Waals surface area (Å²) in [6, 6.07) is 0. The summed E-state index contributed by atoms with van der Waals surface area (Å²) in [4.78, 5) is 9.12. The van der Waals surface area contributed by atoms with E-state index in [2.05, 4.69) is 11.1 Å². The van der Waals surface area contributed by atoms with E-state index in [9.17, 15) is 13.2 Å². The number of carbonyl (C=O) groups excluding carboxylic acids is 1. The molecular weight excluding hydrogens is 161 g/mol. The predicted molar refractivity (Wildman–Crippen MR) is 32.7 cm³/mol. The fourth-order valence-electron chi connectivity index (χ4n) is 0.177. The maximum Gasteiger partial charge on any atom is 0.470 e. The van der Waals surface area contributed by atoms with Crippen LogP contribution < -0.4 is 11.1 Å². The number of hydrogen-bond acceptors (Lipinski definition) is 2. The van der Waals surface area contributed by atoms with Crippen LogP contribution in [0.25, 0.3) is 0 Å². The van der Waals surface area contributed by atoms with E-state index in [1.807, 2.05) is 0 Å². The molecule has 0 bridgehead atoms. The summed E-state index contributed by atoms with van der Waals surface area (Å²) >= 11 is 0. The van der Waals surface area contributed by atoms with Crippen LogP contribution in [0.4, 0.5) is 13.2 Å². The molecule has 0 radical (unpaired) electrons. The molecule has 66 valence electrons. The van der Waals surface area contributed by atoms with Crippen molar-refractivity contribution in [3.8, 4) is 0 Å².